The first-order chi connectivity index (χ1) is 8.49. The van der Waals surface area contributed by atoms with Crippen LogP contribution in [-0.4, -0.2) is 40.9 Å². The summed E-state index contributed by atoms with van der Waals surface area (Å²) in [6.07, 6.45) is 0.470. The normalized spacial score (nSPS) is 24.2. The predicted octanol–water partition coefficient (Wildman–Crippen LogP) is 0.987. The molecular weight excluding hydrogens is 230 g/mol. The van der Waals surface area contributed by atoms with Crippen molar-refractivity contribution in [3.63, 3.8) is 0 Å². The molecule has 0 spiro atoms. The number of nitrogens with zero attached hydrogens (tertiary/aromatic N) is 2. The van der Waals surface area contributed by atoms with E-state index >= 15 is 0 Å². The molecule has 1 saturated heterocycles. The minimum absolute atomic E-state index is 0.111. The van der Waals surface area contributed by atoms with Gasteiger partial charge in [0.2, 0.25) is 0 Å². The largest absolute Gasteiger partial charge is 0.378 e. The number of hydrogen-bond acceptors (Lipinski definition) is 4. The van der Waals surface area contributed by atoms with Crippen molar-refractivity contribution in [2.45, 2.75) is 39.3 Å². The molecule has 2 rings (SSSR count). The topological polar surface area (TPSA) is 56.2 Å². The van der Waals surface area contributed by atoms with Crippen LogP contribution in [0.25, 0.3) is 0 Å². The van der Waals surface area contributed by atoms with E-state index in [4.69, 9.17) is 4.74 Å². The number of Topliss-reactive ketones (excluding diaryl/α,β-unsaturated/α-hetero) is 1. The molecule has 2 heterocycles. The SMILES string of the molecule is Cc1nn(C)c(C)c1C(=O)CC1COCC(C)N1. The number of ether oxygens (including phenoxy) is 1. The quantitative estimate of drug-likeness (QED) is 0.814. The van der Waals surface area contributed by atoms with Crippen molar-refractivity contribution in [1.29, 1.82) is 0 Å². The van der Waals surface area contributed by atoms with Crippen LogP contribution in [0, 0.1) is 13.8 Å². The van der Waals surface area contributed by atoms with E-state index in [1.807, 2.05) is 20.9 Å². The minimum Gasteiger partial charge on any atom is -0.378 e. The maximum atomic E-state index is 12.3. The number of carbonyl (C=O) groups excluding carboxylic acids is 1. The molecule has 1 aromatic rings. The van der Waals surface area contributed by atoms with Crippen molar-refractivity contribution in [3.05, 3.63) is 17.0 Å². The third-order valence-electron chi connectivity index (χ3n) is 3.43. The van der Waals surface area contributed by atoms with Gasteiger partial charge in [-0.15, -0.1) is 0 Å². The monoisotopic (exact) mass is 251 g/mol. The molecule has 0 radical (unpaired) electrons. The number of hydrogen-bond donors (Lipinski definition) is 1. The van der Waals surface area contributed by atoms with Gasteiger partial charge in [-0.1, -0.05) is 0 Å². The van der Waals surface area contributed by atoms with Crippen molar-refractivity contribution < 1.29 is 9.53 Å². The van der Waals surface area contributed by atoms with Crippen LogP contribution in [0.2, 0.25) is 0 Å². The van der Waals surface area contributed by atoms with Gasteiger partial charge in [-0.25, -0.2) is 0 Å². The molecule has 0 amide bonds. The van der Waals surface area contributed by atoms with Crippen molar-refractivity contribution in [1.82, 2.24) is 15.1 Å². The number of rotatable bonds is 3. The van der Waals surface area contributed by atoms with Gasteiger partial charge < -0.3 is 10.1 Å². The molecule has 0 aliphatic carbocycles. The highest BCUT2D eigenvalue weighted by atomic mass is 16.5. The Kier molecular flexibility index (Phi) is 3.82. The molecule has 18 heavy (non-hydrogen) atoms. The molecule has 1 aromatic heterocycles. The first-order valence-electron chi connectivity index (χ1n) is 6.36. The lowest BCUT2D eigenvalue weighted by Gasteiger charge is -2.28. The molecule has 0 saturated carbocycles. The highest BCUT2D eigenvalue weighted by Crippen LogP contribution is 2.16. The summed E-state index contributed by atoms with van der Waals surface area (Å²) >= 11 is 0. The fourth-order valence-electron chi connectivity index (χ4n) is 2.51. The van der Waals surface area contributed by atoms with Crippen LogP contribution in [0.1, 0.15) is 35.1 Å². The number of morpholine rings is 1. The van der Waals surface area contributed by atoms with Gasteiger partial charge in [-0.3, -0.25) is 9.48 Å². The van der Waals surface area contributed by atoms with Crippen LogP contribution < -0.4 is 5.32 Å². The van der Waals surface area contributed by atoms with E-state index in [1.54, 1.807) is 4.68 Å². The zero-order chi connectivity index (χ0) is 13.3. The van der Waals surface area contributed by atoms with Gasteiger partial charge in [-0.2, -0.15) is 5.10 Å². The molecule has 1 aliphatic rings. The highest BCUT2D eigenvalue weighted by Gasteiger charge is 2.24. The van der Waals surface area contributed by atoms with E-state index in [0.29, 0.717) is 19.1 Å². The Hall–Kier alpha value is -1.20. The lowest BCUT2D eigenvalue weighted by atomic mass is 10.0. The number of carbonyl (C=O) groups is 1. The summed E-state index contributed by atoms with van der Waals surface area (Å²) in [6, 6.07) is 0.424. The van der Waals surface area contributed by atoms with E-state index in [0.717, 1.165) is 23.6 Å². The molecular formula is C13H21N3O2. The molecule has 1 N–H and O–H groups in total. The second kappa shape index (κ2) is 5.20. The van der Waals surface area contributed by atoms with Gasteiger partial charge in [0.05, 0.1) is 24.5 Å². The molecule has 2 atom stereocenters. The van der Waals surface area contributed by atoms with Crippen LogP contribution in [0.3, 0.4) is 0 Å². The summed E-state index contributed by atoms with van der Waals surface area (Å²) in [6.45, 7) is 7.20. The molecule has 100 valence electrons. The lowest BCUT2D eigenvalue weighted by Crippen LogP contribution is -2.48. The Morgan fingerprint density at radius 1 is 1.50 bits per heavy atom. The van der Waals surface area contributed by atoms with Gasteiger partial charge in [0.25, 0.3) is 0 Å². The van der Waals surface area contributed by atoms with Crippen LogP contribution in [-0.2, 0) is 11.8 Å². The van der Waals surface area contributed by atoms with E-state index < -0.39 is 0 Å². The van der Waals surface area contributed by atoms with Crippen LogP contribution in [0.5, 0.6) is 0 Å². The molecule has 5 heteroatoms. The first-order valence-corrected chi connectivity index (χ1v) is 6.36. The van der Waals surface area contributed by atoms with Gasteiger partial charge in [0, 0.05) is 31.2 Å². The fourth-order valence-corrected chi connectivity index (χ4v) is 2.51. The molecule has 0 aromatic carbocycles. The van der Waals surface area contributed by atoms with Crippen LogP contribution in [0.15, 0.2) is 0 Å². The summed E-state index contributed by atoms with van der Waals surface area (Å²) in [5.41, 5.74) is 2.50. The molecule has 0 bridgehead atoms. The molecule has 2 unspecified atom stereocenters. The standard InChI is InChI=1S/C13H21N3O2/c1-8-6-18-7-11(14-8)5-12(17)13-9(2)15-16(4)10(13)3/h8,11,14H,5-7H2,1-4H3. The highest BCUT2D eigenvalue weighted by molar-refractivity contribution is 5.98. The second-order valence-corrected chi connectivity index (χ2v) is 5.10. The van der Waals surface area contributed by atoms with Gasteiger partial charge in [0.1, 0.15) is 0 Å². The van der Waals surface area contributed by atoms with Gasteiger partial charge in [0.15, 0.2) is 5.78 Å². The van der Waals surface area contributed by atoms with Crippen molar-refractivity contribution in [2.24, 2.45) is 7.05 Å². The van der Waals surface area contributed by atoms with E-state index in [1.165, 1.54) is 0 Å². The number of aromatic nitrogens is 2. The number of ketones is 1. The summed E-state index contributed by atoms with van der Waals surface area (Å²) in [4.78, 5) is 12.3. The minimum atomic E-state index is 0.111. The van der Waals surface area contributed by atoms with Crippen molar-refractivity contribution in [2.75, 3.05) is 13.2 Å². The molecule has 1 fully saturated rings. The van der Waals surface area contributed by atoms with Gasteiger partial charge in [-0.05, 0) is 20.8 Å². The number of aryl methyl sites for hydroxylation is 2. The Morgan fingerprint density at radius 2 is 2.22 bits per heavy atom. The van der Waals surface area contributed by atoms with Gasteiger partial charge >= 0.3 is 0 Å². The second-order valence-electron chi connectivity index (χ2n) is 5.10. The first kappa shape index (κ1) is 13.2. The summed E-state index contributed by atoms with van der Waals surface area (Å²) in [5, 5.41) is 7.67. The Labute approximate surface area is 108 Å². The maximum absolute atomic E-state index is 12.3. The summed E-state index contributed by atoms with van der Waals surface area (Å²) in [5.74, 6) is 0.147. The molecule has 5 nitrogen and oxygen atoms in total. The van der Waals surface area contributed by atoms with Crippen LogP contribution in [0.4, 0.5) is 0 Å². The summed E-state index contributed by atoms with van der Waals surface area (Å²) in [7, 11) is 1.86. The van der Waals surface area contributed by atoms with E-state index in [-0.39, 0.29) is 11.8 Å². The zero-order valence-electron chi connectivity index (χ0n) is 11.5. The third kappa shape index (κ3) is 2.62. The average Bonchev–Trinajstić information content (AvgIpc) is 2.53. The van der Waals surface area contributed by atoms with E-state index in [9.17, 15) is 4.79 Å². The lowest BCUT2D eigenvalue weighted by molar-refractivity contribution is 0.0463. The smallest absolute Gasteiger partial charge is 0.168 e. The van der Waals surface area contributed by atoms with Crippen molar-refractivity contribution in [3.8, 4) is 0 Å². The Morgan fingerprint density at radius 3 is 2.78 bits per heavy atom. The summed E-state index contributed by atoms with van der Waals surface area (Å²) < 4.78 is 7.22. The van der Waals surface area contributed by atoms with Crippen molar-refractivity contribution >= 4 is 5.78 Å². The fraction of sp³-hybridized carbons (Fsp3) is 0.692. The maximum Gasteiger partial charge on any atom is 0.168 e. The molecule has 1 aliphatic heterocycles. The Bertz CT molecular complexity index is 453. The average molecular weight is 251 g/mol. The predicted molar refractivity (Wildman–Crippen MR) is 68.8 cm³/mol. The Balaban J connectivity index is 2.07. The zero-order valence-corrected chi connectivity index (χ0v) is 11.5. The van der Waals surface area contributed by atoms with E-state index in [2.05, 4.69) is 17.3 Å². The third-order valence-corrected chi connectivity index (χ3v) is 3.43. The van der Waals surface area contributed by atoms with Crippen LogP contribution >= 0.6 is 0 Å². The number of nitrogens with one attached hydrogen (secondary N) is 1.